The van der Waals surface area contributed by atoms with Crippen LogP contribution in [-0.2, 0) is 13.5 Å². The van der Waals surface area contributed by atoms with Gasteiger partial charge in [-0.15, -0.1) is 0 Å². The molecule has 1 aliphatic rings. The molecule has 2 aromatic heterocycles. The Morgan fingerprint density at radius 3 is 2.96 bits per heavy atom. The Morgan fingerprint density at radius 1 is 1.57 bits per heavy atom. The summed E-state index contributed by atoms with van der Waals surface area (Å²) in [6.07, 6.45) is 6.68. The minimum absolute atomic E-state index is 0.147. The van der Waals surface area contributed by atoms with Crippen LogP contribution in [0.15, 0.2) is 18.5 Å². The lowest BCUT2D eigenvalue weighted by atomic mass is 9.75. The first kappa shape index (κ1) is 15.7. The van der Waals surface area contributed by atoms with Crippen molar-refractivity contribution in [2.45, 2.75) is 44.8 Å². The molecule has 0 aliphatic heterocycles. The molecular weight excluding hydrogens is 294 g/mol. The molecule has 7 heteroatoms. The van der Waals surface area contributed by atoms with Crippen LogP contribution >= 0.6 is 0 Å². The van der Waals surface area contributed by atoms with Gasteiger partial charge in [-0.25, -0.2) is 0 Å². The lowest BCUT2D eigenvalue weighted by Gasteiger charge is -2.37. The molecule has 3 rings (SSSR count). The number of nitrogens with one attached hydrogen (secondary N) is 2. The summed E-state index contributed by atoms with van der Waals surface area (Å²) in [6.45, 7) is 2.08. The molecule has 0 aromatic carbocycles. The number of aliphatic hydroxyl groups is 1. The van der Waals surface area contributed by atoms with Gasteiger partial charge in [-0.05, 0) is 31.2 Å². The van der Waals surface area contributed by atoms with Crippen molar-refractivity contribution in [3.8, 4) is 0 Å². The third-order valence-corrected chi connectivity index (χ3v) is 4.37. The van der Waals surface area contributed by atoms with Gasteiger partial charge in [0.1, 0.15) is 5.69 Å². The molecule has 1 atom stereocenters. The van der Waals surface area contributed by atoms with Gasteiger partial charge in [-0.2, -0.15) is 10.2 Å². The molecule has 1 fully saturated rings. The predicted molar refractivity (Wildman–Crippen MR) is 84.7 cm³/mol. The fraction of sp³-hybridized carbons (Fsp3) is 0.562. The van der Waals surface area contributed by atoms with E-state index in [0.29, 0.717) is 18.5 Å². The average Bonchev–Trinajstić information content (AvgIpc) is 3.11. The molecule has 0 radical (unpaired) electrons. The van der Waals surface area contributed by atoms with Crippen LogP contribution in [0.4, 0.5) is 0 Å². The van der Waals surface area contributed by atoms with Crippen molar-refractivity contribution >= 4 is 5.91 Å². The van der Waals surface area contributed by atoms with Crippen LogP contribution in [0.25, 0.3) is 0 Å². The average molecular weight is 317 g/mol. The Kier molecular flexibility index (Phi) is 4.47. The smallest absolute Gasteiger partial charge is 0.272 e. The van der Waals surface area contributed by atoms with Crippen LogP contribution in [0.5, 0.6) is 0 Å². The Bertz CT molecular complexity index is 672. The Balaban J connectivity index is 1.73. The molecule has 124 valence electrons. The summed E-state index contributed by atoms with van der Waals surface area (Å²) in [4.78, 5) is 12.5. The lowest BCUT2D eigenvalue weighted by Crippen LogP contribution is -2.41. The van der Waals surface area contributed by atoms with Crippen molar-refractivity contribution in [1.82, 2.24) is 25.3 Å². The number of aromatic nitrogens is 4. The standard InChI is InChI=1S/C16H23N5O2/c1-3-4-12-7-14(20-19-12)16(23)18-15(10-5-13(22)6-10)11-8-17-21(2)9-11/h7-10,13,15,22H,3-6H2,1-2H3,(H,18,23)(H,19,20)/t10?,13?,15-/m0/s1. The summed E-state index contributed by atoms with van der Waals surface area (Å²) in [6, 6.07) is 1.65. The zero-order chi connectivity index (χ0) is 16.4. The highest BCUT2D eigenvalue weighted by Gasteiger charge is 2.36. The first-order chi connectivity index (χ1) is 11.1. The molecule has 23 heavy (non-hydrogen) atoms. The first-order valence-corrected chi connectivity index (χ1v) is 8.08. The van der Waals surface area contributed by atoms with Gasteiger partial charge in [0.05, 0.1) is 18.3 Å². The molecule has 0 saturated heterocycles. The second-order valence-electron chi connectivity index (χ2n) is 6.31. The minimum atomic E-state index is -0.266. The van der Waals surface area contributed by atoms with Crippen LogP contribution in [0, 0.1) is 5.92 Å². The summed E-state index contributed by atoms with van der Waals surface area (Å²) in [7, 11) is 1.85. The number of hydrogen-bond donors (Lipinski definition) is 3. The summed E-state index contributed by atoms with van der Waals surface area (Å²) in [5.74, 6) is 0.0334. The highest BCUT2D eigenvalue weighted by atomic mass is 16.3. The number of rotatable bonds is 6. The number of amides is 1. The molecule has 7 nitrogen and oxygen atoms in total. The number of hydrogen-bond acceptors (Lipinski definition) is 4. The van der Waals surface area contributed by atoms with Crippen molar-refractivity contribution in [3.05, 3.63) is 35.4 Å². The van der Waals surface area contributed by atoms with Gasteiger partial charge in [0.2, 0.25) is 0 Å². The molecule has 3 N–H and O–H groups in total. The van der Waals surface area contributed by atoms with Gasteiger partial charge >= 0.3 is 0 Å². The number of carbonyl (C=O) groups excluding carboxylic acids is 1. The Labute approximate surface area is 135 Å². The summed E-state index contributed by atoms with van der Waals surface area (Å²) < 4.78 is 1.72. The molecule has 1 amide bonds. The number of aryl methyl sites for hydroxylation is 2. The molecule has 1 saturated carbocycles. The fourth-order valence-corrected chi connectivity index (χ4v) is 3.07. The molecule has 0 bridgehead atoms. The number of aliphatic hydroxyl groups excluding tert-OH is 1. The van der Waals surface area contributed by atoms with E-state index in [0.717, 1.165) is 24.1 Å². The molecule has 2 heterocycles. The van der Waals surface area contributed by atoms with Crippen molar-refractivity contribution in [2.24, 2.45) is 13.0 Å². The normalized spacial score (nSPS) is 21.7. The highest BCUT2D eigenvalue weighted by molar-refractivity contribution is 5.92. The van der Waals surface area contributed by atoms with E-state index in [-0.39, 0.29) is 24.0 Å². The zero-order valence-electron chi connectivity index (χ0n) is 13.5. The van der Waals surface area contributed by atoms with Crippen LogP contribution < -0.4 is 5.32 Å². The largest absolute Gasteiger partial charge is 0.393 e. The SMILES string of the molecule is CCCc1cc(C(=O)N[C@H](c2cnn(C)c2)C2CC(O)C2)n[nH]1. The van der Waals surface area contributed by atoms with Gasteiger partial charge < -0.3 is 10.4 Å². The third kappa shape index (κ3) is 3.44. The number of H-pyrrole nitrogens is 1. The molecule has 1 aliphatic carbocycles. The van der Waals surface area contributed by atoms with E-state index in [9.17, 15) is 9.90 Å². The number of carbonyl (C=O) groups is 1. The van der Waals surface area contributed by atoms with Crippen molar-refractivity contribution in [3.63, 3.8) is 0 Å². The van der Waals surface area contributed by atoms with E-state index in [1.54, 1.807) is 16.9 Å². The maximum Gasteiger partial charge on any atom is 0.272 e. The van der Waals surface area contributed by atoms with E-state index in [4.69, 9.17) is 0 Å². The Morgan fingerprint density at radius 2 is 2.35 bits per heavy atom. The molecule has 0 spiro atoms. The summed E-state index contributed by atoms with van der Waals surface area (Å²) in [5.41, 5.74) is 2.33. The van der Waals surface area contributed by atoms with Gasteiger partial charge in [0.15, 0.2) is 0 Å². The summed E-state index contributed by atoms with van der Waals surface area (Å²) >= 11 is 0. The number of nitrogens with zero attached hydrogens (tertiary/aromatic N) is 3. The lowest BCUT2D eigenvalue weighted by molar-refractivity contribution is 0.0234. The van der Waals surface area contributed by atoms with E-state index >= 15 is 0 Å². The van der Waals surface area contributed by atoms with Crippen molar-refractivity contribution < 1.29 is 9.90 Å². The highest BCUT2D eigenvalue weighted by Crippen LogP contribution is 2.38. The third-order valence-electron chi connectivity index (χ3n) is 4.37. The second kappa shape index (κ2) is 6.54. The summed E-state index contributed by atoms with van der Waals surface area (Å²) in [5, 5.41) is 23.8. The van der Waals surface area contributed by atoms with Crippen molar-refractivity contribution in [1.29, 1.82) is 0 Å². The van der Waals surface area contributed by atoms with Gasteiger partial charge in [-0.3, -0.25) is 14.6 Å². The fourth-order valence-electron chi connectivity index (χ4n) is 3.07. The first-order valence-electron chi connectivity index (χ1n) is 8.08. The second-order valence-corrected chi connectivity index (χ2v) is 6.31. The number of aromatic amines is 1. The zero-order valence-corrected chi connectivity index (χ0v) is 13.5. The van der Waals surface area contributed by atoms with Gasteiger partial charge in [0, 0.05) is 24.5 Å². The van der Waals surface area contributed by atoms with Crippen molar-refractivity contribution in [2.75, 3.05) is 0 Å². The van der Waals surface area contributed by atoms with Crippen LogP contribution in [-0.4, -0.2) is 37.1 Å². The maximum absolute atomic E-state index is 12.5. The quantitative estimate of drug-likeness (QED) is 0.749. The monoisotopic (exact) mass is 317 g/mol. The molecule has 2 aromatic rings. The predicted octanol–water partition coefficient (Wildman–Crippen LogP) is 1.34. The topological polar surface area (TPSA) is 95.8 Å². The van der Waals surface area contributed by atoms with E-state index in [2.05, 4.69) is 27.5 Å². The van der Waals surface area contributed by atoms with Crippen LogP contribution in [0.3, 0.4) is 0 Å². The Hall–Kier alpha value is -2.15. The van der Waals surface area contributed by atoms with Gasteiger partial charge in [-0.1, -0.05) is 13.3 Å². The molecular formula is C16H23N5O2. The minimum Gasteiger partial charge on any atom is -0.393 e. The molecule has 0 unspecified atom stereocenters. The van der Waals surface area contributed by atoms with E-state index in [1.165, 1.54) is 0 Å². The maximum atomic E-state index is 12.5. The van der Waals surface area contributed by atoms with E-state index in [1.807, 2.05) is 13.2 Å². The van der Waals surface area contributed by atoms with Crippen LogP contribution in [0.1, 0.15) is 54.0 Å². The van der Waals surface area contributed by atoms with Gasteiger partial charge in [0.25, 0.3) is 5.91 Å². The van der Waals surface area contributed by atoms with E-state index < -0.39 is 0 Å². The van der Waals surface area contributed by atoms with Crippen LogP contribution in [0.2, 0.25) is 0 Å².